The number of carbonyl (C=O) groups is 1. The minimum absolute atomic E-state index is 0.0292. The highest BCUT2D eigenvalue weighted by Gasteiger charge is 2.67. The summed E-state index contributed by atoms with van der Waals surface area (Å²) < 4.78 is 31.0. The van der Waals surface area contributed by atoms with Gasteiger partial charge in [-0.1, -0.05) is 31.2 Å². The summed E-state index contributed by atoms with van der Waals surface area (Å²) in [5.74, 6) is -2.44. The Hall–Kier alpha value is -2.32. The van der Waals surface area contributed by atoms with Crippen molar-refractivity contribution < 1.29 is 23.6 Å². The Bertz CT molecular complexity index is 1120. The van der Waals surface area contributed by atoms with Crippen LogP contribution < -0.4 is 10.8 Å². The van der Waals surface area contributed by atoms with Crippen molar-refractivity contribution in [1.82, 2.24) is 10.3 Å². The van der Waals surface area contributed by atoms with Crippen LogP contribution >= 0.6 is 0 Å². The second kappa shape index (κ2) is 10.4. The topological polar surface area (TPSA) is 82.5 Å². The summed E-state index contributed by atoms with van der Waals surface area (Å²) >= 11 is 0. The zero-order chi connectivity index (χ0) is 26.2. The summed E-state index contributed by atoms with van der Waals surface area (Å²) in [6.45, 7) is 2.33. The molecule has 2 saturated carbocycles. The third-order valence-electron chi connectivity index (χ3n) is 9.57. The van der Waals surface area contributed by atoms with E-state index in [9.17, 15) is 14.8 Å². The molecule has 0 radical (unpaired) electrons. The molecule has 5 nitrogen and oxygen atoms in total. The lowest BCUT2D eigenvalue weighted by Gasteiger charge is -2.51. The molecule has 2 aromatic rings. The fourth-order valence-electron chi connectivity index (χ4n) is 7.77. The number of carbonyl (C=O) groups excluding carboxylic acids is 1. The molecule has 198 valence electrons. The maximum absolute atomic E-state index is 15.5. The van der Waals surface area contributed by atoms with Gasteiger partial charge in [-0.3, -0.25) is 9.78 Å². The first-order valence-corrected chi connectivity index (χ1v) is 13.7. The van der Waals surface area contributed by atoms with Crippen molar-refractivity contribution in [2.24, 2.45) is 23.2 Å². The molecule has 1 heterocycles. The van der Waals surface area contributed by atoms with E-state index in [4.69, 9.17) is 0 Å². The average Bonchev–Trinajstić information content (AvgIpc) is 3.08. The second-order valence-corrected chi connectivity index (χ2v) is 11.6. The number of nitrogens with one attached hydrogen (secondary N) is 1. The summed E-state index contributed by atoms with van der Waals surface area (Å²) in [5.41, 5.74) is 2.74. The largest absolute Gasteiger partial charge is 0.488 e. The van der Waals surface area contributed by atoms with Crippen LogP contribution in [0.5, 0.6) is 0 Å². The number of aryl methyl sites for hydroxylation is 1. The monoisotopic (exact) mass is 510 g/mol. The van der Waals surface area contributed by atoms with Crippen LogP contribution in [0.1, 0.15) is 74.6 Å². The van der Waals surface area contributed by atoms with E-state index in [0.29, 0.717) is 44.1 Å². The van der Waals surface area contributed by atoms with E-state index >= 15 is 8.78 Å². The van der Waals surface area contributed by atoms with Gasteiger partial charge in [-0.05, 0) is 90.9 Å². The van der Waals surface area contributed by atoms with Crippen molar-refractivity contribution in [2.75, 3.05) is 6.54 Å². The van der Waals surface area contributed by atoms with E-state index in [1.807, 2.05) is 30.3 Å². The molecule has 0 bridgehead atoms. The molecule has 3 N–H and O–H groups in total. The van der Waals surface area contributed by atoms with Crippen LogP contribution in [0.2, 0.25) is 0 Å². The Morgan fingerprint density at radius 3 is 2.81 bits per heavy atom. The van der Waals surface area contributed by atoms with Gasteiger partial charge >= 0.3 is 7.12 Å². The quantitative estimate of drug-likeness (QED) is 0.469. The fraction of sp³-hybridized carbons (Fsp3) is 0.586. The molecule has 0 aliphatic heterocycles. The number of amides is 1. The molecule has 3 aliphatic rings. The summed E-state index contributed by atoms with van der Waals surface area (Å²) in [7, 11) is -1.50. The number of halogens is 2. The van der Waals surface area contributed by atoms with Gasteiger partial charge in [0.1, 0.15) is 0 Å². The number of hydrogen-bond donors (Lipinski definition) is 3. The zero-order valence-electron chi connectivity index (χ0n) is 21.5. The number of pyridine rings is 1. The lowest BCUT2D eigenvalue weighted by Crippen LogP contribution is -2.47. The lowest BCUT2D eigenvalue weighted by molar-refractivity contribution is -0.133. The molecule has 3 aliphatic carbocycles. The van der Waals surface area contributed by atoms with Crippen molar-refractivity contribution in [3.05, 3.63) is 59.4 Å². The summed E-state index contributed by atoms with van der Waals surface area (Å²) in [5, 5.41) is 22.1. The molecule has 1 aromatic carbocycles. The molecule has 8 heteroatoms. The van der Waals surface area contributed by atoms with E-state index in [2.05, 4.69) is 10.3 Å². The number of aromatic nitrogens is 1. The van der Waals surface area contributed by atoms with Crippen LogP contribution in [0.4, 0.5) is 8.78 Å². The minimum atomic E-state index is -2.69. The van der Waals surface area contributed by atoms with Gasteiger partial charge in [0.2, 0.25) is 5.91 Å². The van der Waals surface area contributed by atoms with Gasteiger partial charge in [-0.2, -0.15) is 0 Å². The number of fused-ring (bicyclic) bond motifs is 5. The molecule has 5 atom stereocenters. The average molecular weight is 510 g/mol. The maximum Gasteiger partial charge on any atom is 0.488 e. The summed E-state index contributed by atoms with van der Waals surface area (Å²) in [4.78, 5) is 16.7. The third-order valence-corrected chi connectivity index (χ3v) is 9.57. The molecule has 0 spiro atoms. The minimum Gasteiger partial charge on any atom is -0.423 e. The number of rotatable bonds is 8. The SMILES string of the molecule is C[C@]12CC[C@@H]3c4ccc(B(O)O)cc4CC[C@H]3[C@@H]1[C@@H](CCCC(=O)NCCc1ccccn1)CC2(F)F. The van der Waals surface area contributed by atoms with E-state index in [1.165, 1.54) is 5.56 Å². The first-order valence-electron chi connectivity index (χ1n) is 13.7. The summed E-state index contributed by atoms with van der Waals surface area (Å²) in [6, 6.07) is 11.3. The zero-order valence-corrected chi connectivity index (χ0v) is 21.5. The van der Waals surface area contributed by atoms with Gasteiger partial charge in [-0.15, -0.1) is 0 Å². The number of nitrogens with zero attached hydrogens (tertiary/aromatic N) is 1. The van der Waals surface area contributed by atoms with Crippen LogP contribution in [0, 0.1) is 23.2 Å². The van der Waals surface area contributed by atoms with E-state index in [0.717, 1.165) is 30.5 Å². The van der Waals surface area contributed by atoms with E-state index in [1.54, 1.807) is 19.2 Å². The van der Waals surface area contributed by atoms with Gasteiger partial charge in [0, 0.05) is 43.1 Å². The van der Waals surface area contributed by atoms with Gasteiger partial charge in [0.05, 0.1) is 0 Å². The third kappa shape index (κ3) is 5.07. The fourth-order valence-corrected chi connectivity index (χ4v) is 7.77. The highest BCUT2D eigenvalue weighted by atomic mass is 19.3. The van der Waals surface area contributed by atoms with Crippen LogP contribution in [-0.2, 0) is 17.6 Å². The highest BCUT2D eigenvalue weighted by Crippen LogP contribution is 2.68. The Labute approximate surface area is 218 Å². The molecule has 2 fully saturated rings. The Kier molecular flexibility index (Phi) is 7.43. The van der Waals surface area contributed by atoms with Crippen LogP contribution in [-0.4, -0.2) is 40.5 Å². The number of benzene rings is 1. The summed E-state index contributed by atoms with van der Waals surface area (Å²) in [6.07, 6.45) is 6.82. The first-order chi connectivity index (χ1) is 17.7. The molecular weight excluding hydrogens is 473 g/mol. The Morgan fingerprint density at radius 2 is 2.05 bits per heavy atom. The Morgan fingerprint density at radius 1 is 1.22 bits per heavy atom. The molecule has 1 aromatic heterocycles. The molecule has 1 amide bonds. The van der Waals surface area contributed by atoms with Crippen molar-refractivity contribution in [2.45, 2.75) is 76.6 Å². The molecule has 0 saturated heterocycles. The predicted octanol–water partition coefficient (Wildman–Crippen LogP) is 4.01. The predicted molar refractivity (Wildman–Crippen MR) is 140 cm³/mol. The number of alkyl halides is 2. The molecule has 37 heavy (non-hydrogen) atoms. The van der Waals surface area contributed by atoms with Crippen LogP contribution in [0.25, 0.3) is 0 Å². The van der Waals surface area contributed by atoms with Crippen LogP contribution in [0.15, 0.2) is 42.6 Å². The first kappa shape index (κ1) is 26.3. The second-order valence-electron chi connectivity index (χ2n) is 11.6. The molecular formula is C29H37BF2N2O3. The molecule has 5 rings (SSSR count). The van der Waals surface area contributed by atoms with Gasteiger partial charge in [0.15, 0.2) is 0 Å². The van der Waals surface area contributed by atoms with Gasteiger partial charge in [0.25, 0.3) is 5.92 Å². The van der Waals surface area contributed by atoms with E-state index in [-0.39, 0.29) is 36.0 Å². The maximum atomic E-state index is 15.5. The Balaban J connectivity index is 1.23. The van der Waals surface area contributed by atoms with Crippen molar-refractivity contribution in [3.63, 3.8) is 0 Å². The van der Waals surface area contributed by atoms with E-state index < -0.39 is 18.5 Å². The van der Waals surface area contributed by atoms with Gasteiger partial charge < -0.3 is 15.4 Å². The molecule has 0 unspecified atom stereocenters. The van der Waals surface area contributed by atoms with Crippen molar-refractivity contribution in [1.29, 1.82) is 0 Å². The van der Waals surface area contributed by atoms with Crippen LogP contribution in [0.3, 0.4) is 0 Å². The standard InChI is InChI=1S/C29H37BF2N2O3/c1-28-14-12-24-23-11-9-21(30(36)37)17-19(23)8-10-25(24)27(28)20(18-29(28,31)32)5-4-7-26(35)34-16-13-22-6-2-3-15-33-22/h2-3,6,9,11,15,17,20,24-25,27,36-37H,4-5,7-8,10,12-14,16,18H2,1H3,(H,34,35)/t20-,24+,25+,27-,28-/m0/s1. The highest BCUT2D eigenvalue weighted by molar-refractivity contribution is 6.58. The lowest BCUT2D eigenvalue weighted by atomic mass is 9.53. The van der Waals surface area contributed by atoms with Gasteiger partial charge in [-0.25, -0.2) is 8.78 Å². The van der Waals surface area contributed by atoms with Crippen molar-refractivity contribution >= 4 is 18.5 Å². The number of hydrogen-bond acceptors (Lipinski definition) is 4. The van der Waals surface area contributed by atoms with Crippen molar-refractivity contribution in [3.8, 4) is 0 Å². The normalized spacial score (nSPS) is 29.6. The smallest absolute Gasteiger partial charge is 0.423 e.